The number of amides is 1. The van der Waals surface area contributed by atoms with Gasteiger partial charge in [-0.3, -0.25) is 4.79 Å². The van der Waals surface area contributed by atoms with E-state index in [9.17, 15) is 4.79 Å². The molecule has 0 radical (unpaired) electrons. The quantitative estimate of drug-likeness (QED) is 0.521. The number of fused-ring (bicyclic) bond motifs is 1. The molecule has 1 amide bonds. The van der Waals surface area contributed by atoms with Gasteiger partial charge in [-0.2, -0.15) is 5.10 Å². The standard InChI is InChI=1S/C21H24N2O7/c1-25-17-9-13(10-18(26-2)20(17)28-4)12-22-23-21(24)19(27-3)14-5-6-15-16(11-14)30-8-7-29-15/h5-6,9-12,19H,7-8H2,1-4H3,(H,23,24). The predicted octanol–water partition coefficient (Wildman–Crippen LogP) is 2.32. The minimum absolute atomic E-state index is 0.433. The maximum atomic E-state index is 12.6. The van der Waals surface area contributed by atoms with E-state index in [1.807, 2.05) is 0 Å². The molecule has 9 heteroatoms. The van der Waals surface area contributed by atoms with Crippen molar-refractivity contribution >= 4 is 12.1 Å². The van der Waals surface area contributed by atoms with Crippen LogP contribution in [0.3, 0.4) is 0 Å². The molecule has 2 aromatic carbocycles. The van der Waals surface area contributed by atoms with E-state index in [1.54, 1.807) is 30.3 Å². The maximum absolute atomic E-state index is 12.6. The van der Waals surface area contributed by atoms with E-state index in [-0.39, 0.29) is 0 Å². The third kappa shape index (κ3) is 4.57. The van der Waals surface area contributed by atoms with E-state index in [4.69, 9.17) is 28.4 Å². The van der Waals surface area contributed by atoms with Crippen LogP contribution in [0.5, 0.6) is 28.7 Å². The van der Waals surface area contributed by atoms with Crippen LogP contribution in [-0.2, 0) is 9.53 Å². The summed E-state index contributed by atoms with van der Waals surface area (Å²) < 4.78 is 32.3. The van der Waals surface area contributed by atoms with Crippen LogP contribution < -0.4 is 29.1 Å². The molecule has 0 bridgehead atoms. The van der Waals surface area contributed by atoms with Crippen LogP contribution in [0.1, 0.15) is 17.2 Å². The average Bonchev–Trinajstić information content (AvgIpc) is 2.78. The Morgan fingerprint density at radius 3 is 2.27 bits per heavy atom. The third-order valence-corrected chi connectivity index (χ3v) is 4.42. The molecule has 0 fully saturated rings. The first-order valence-corrected chi connectivity index (χ1v) is 9.16. The van der Waals surface area contributed by atoms with Gasteiger partial charge in [0.15, 0.2) is 29.1 Å². The summed E-state index contributed by atoms with van der Waals surface area (Å²) in [6.45, 7) is 0.954. The number of methoxy groups -OCH3 is 4. The molecule has 1 unspecified atom stereocenters. The molecule has 1 atom stereocenters. The highest BCUT2D eigenvalue weighted by atomic mass is 16.6. The van der Waals surface area contributed by atoms with Gasteiger partial charge in [-0.05, 0) is 29.8 Å². The fourth-order valence-electron chi connectivity index (χ4n) is 3.02. The van der Waals surface area contributed by atoms with E-state index in [0.29, 0.717) is 53.1 Å². The van der Waals surface area contributed by atoms with Crippen LogP contribution >= 0.6 is 0 Å². The molecule has 0 aromatic heterocycles. The normalized spacial score (nSPS) is 13.6. The topological polar surface area (TPSA) is 96.8 Å². The second-order valence-corrected chi connectivity index (χ2v) is 6.21. The summed E-state index contributed by atoms with van der Waals surface area (Å²) in [5.41, 5.74) is 3.76. The van der Waals surface area contributed by atoms with Gasteiger partial charge < -0.3 is 28.4 Å². The molecule has 1 heterocycles. The van der Waals surface area contributed by atoms with Gasteiger partial charge in [-0.25, -0.2) is 5.43 Å². The minimum atomic E-state index is -0.863. The molecular formula is C21H24N2O7. The van der Waals surface area contributed by atoms with Gasteiger partial charge in [0.25, 0.3) is 5.91 Å². The number of nitrogens with zero attached hydrogens (tertiary/aromatic N) is 1. The average molecular weight is 416 g/mol. The monoisotopic (exact) mass is 416 g/mol. The molecule has 0 saturated carbocycles. The number of rotatable bonds is 8. The molecular weight excluding hydrogens is 392 g/mol. The van der Waals surface area contributed by atoms with Gasteiger partial charge >= 0.3 is 0 Å². The van der Waals surface area contributed by atoms with Crippen LogP contribution in [0.4, 0.5) is 0 Å². The number of hydrogen-bond acceptors (Lipinski definition) is 8. The number of carbonyl (C=O) groups excluding carboxylic acids is 1. The first-order chi connectivity index (χ1) is 14.6. The smallest absolute Gasteiger partial charge is 0.273 e. The van der Waals surface area contributed by atoms with Crippen LogP contribution in [0.15, 0.2) is 35.4 Å². The number of carbonyl (C=O) groups is 1. The highest BCUT2D eigenvalue weighted by Crippen LogP contribution is 2.37. The molecule has 3 rings (SSSR count). The Morgan fingerprint density at radius 1 is 1.00 bits per heavy atom. The van der Waals surface area contributed by atoms with E-state index in [1.165, 1.54) is 34.7 Å². The number of nitrogens with one attached hydrogen (secondary N) is 1. The Labute approximate surface area is 174 Å². The summed E-state index contributed by atoms with van der Waals surface area (Å²) in [6, 6.07) is 8.66. The lowest BCUT2D eigenvalue weighted by molar-refractivity contribution is -0.131. The Bertz CT molecular complexity index is 905. The lowest BCUT2D eigenvalue weighted by atomic mass is 10.1. The van der Waals surface area contributed by atoms with Crippen molar-refractivity contribution in [1.82, 2.24) is 5.43 Å². The highest BCUT2D eigenvalue weighted by Gasteiger charge is 2.22. The maximum Gasteiger partial charge on any atom is 0.273 e. The summed E-state index contributed by atoms with van der Waals surface area (Å²) in [6.07, 6.45) is 0.608. The second kappa shape index (κ2) is 9.84. The zero-order valence-electron chi connectivity index (χ0n) is 17.3. The zero-order chi connectivity index (χ0) is 21.5. The molecule has 0 spiro atoms. The first-order valence-electron chi connectivity index (χ1n) is 9.16. The van der Waals surface area contributed by atoms with E-state index in [2.05, 4.69) is 10.5 Å². The van der Waals surface area contributed by atoms with Crippen molar-refractivity contribution < 1.29 is 33.2 Å². The Hall–Kier alpha value is -3.46. The van der Waals surface area contributed by atoms with Gasteiger partial charge in [0.05, 0.1) is 27.5 Å². The van der Waals surface area contributed by atoms with Crippen molar-refractivity contribution in [3.63, 3.8) is 0 Å². The SMILES string of the molecule is COc1cc(C=NNC(=O)C(OC)c2ccc3c(c2)OCCO3)cc(OC)c1OC. The van der Waals surface area contributed by atoms with Crippen LogP contribution in [0, 0.1) is 0 Å². The summed E-state index contributed by atoms with van der Waals surface area (Å²) in [5, 5.41) is 4.02. The summed E-state index contributed by atoms with van der Waals surface area (Å²) in [4.78, 5) is 12.6. The Balaban J connectivity index is 1.73. The highest BCUT2D eigenvalue weighted by molar-refractivity contribution is 5.86. The molecule has 0 aliphatic carbocycles. The number of benzene rings is 2. The molecule has 1 aliphatic heterocycles. The number of hydrogen-bond donors (Lipinski definition) is 1. The fourth-order valence-corrected chi connectivity index (χ4v) is 3.02. The summed E-state index contributed by atoms with van der Waals surface area (Å²) >= 11 is 0. The number of hydrazone groups is 1. The van der Waals surface area contributed by atoms with Crippen molar-refractivity contribution in [3.05, 3.63) is 41.5 Å². The van der Waals surface area contributed by atoms with E-state index >= 15 is 0 Å². The molecule has 0 saturated heterocycles. The molecule has 2 aromatic rings. The fraction of sp³-hybridized carbons (Fsp3) is 0.333. The van der Waals surface area contributed by atoms with E-state index < -0.39 is 12.0 Å². The molecule has 1 aliphatic rings. The van der Waals surface area contributed by atoms with Gasteiger partial charge in [-0.15, -0.1) is 0 Å². The Kier molecular flexibility index (Phi) is 6.97. The van der Waals surface area contributed by atoms with Crippen molar-refractivity contribution in [2.45, 2.75) is 6.10 Å². The number of ether oxygens (including phenoxy) is 6. The largest absolute Gasteiger partial charge is 0.493 e. The lowest BCUT2D eigenvalue weighted by Gasteiger charge is -2.20. The van der Waals surface area contributed by atoms with Crippen molar-refractivity contribution in [3.8, 4) is 28.7 Å². The summed E-state index contributed by atoms with van der Waals surface area (Å²) in [7, 11) is 6.02. The zero-order valence-corrected chi connectivity index (χ0v) is 17.3. The van der Waals surface area contributed by atoms with Gasteiger partial charge in [0.2, 0.25) is 5.75 Å². The van der Waals surface area contributed by atoms with Crippen LogP contribution in [-0.4, -0.2) is 53.8 Å². The van der Waals surface area contributed by atoms with Crippen molar-refractivity contribution in [2.75, 3.05) is 41.7 Å². The van der Waals surface area contributed by atoms with Crippen LogP contribution in [0.2, 0.25) is 0 Å². The van der Waals surface area contributed by atoms with Crippen LogP contribution in [0.25, 0.3) is 0 Å². The van der Waals surface area contributed by atoms with E-state index in [0.717, 1.165) is 0 Å². The molecule has 160 valence electrons. The van der Waals surface area contributed by atoms with Crippen molar-refractivity contribution in [2.24, 2.45) is 5.10 Å². The second-order valence-electron chi connectivity index (χ2n) is 6.21. The molecule has 30 heavy (non-hydrogen) atoms. The molecule has 1 N–H and O–H groups in total. The predicted molar refractivity (Wildman–Crippen MR) is 109 cm³/mol. The Morgan fingerprint density at radius 2 is 1.67 bits per heavy atom. The lowest BCUT2D eigenvalue weighted by Crippen LogP contribution is -2.27. The van der Waals surface area contributed by atoms with Crippen molar-refractivity contribution in [1.29, 1.82) is 0 Å². The van der Waals surface area contributed by atoms with Gasteiger partial charge in [-0.1, -0.05) is 6.07 Å². The summed E-state index contributed by atoms with van der Waals surface area (Å²) in [5.74, 6) is 2.22. The van der Waals surface area contributed by atoms with Gasteiger partial charge in [0, 0.05) is 12.7 Å². The van der Waals surface area contributed by atoms with Gasteiger partial charge in [0.1, 0.15) is 13.2 Å². The first kappa shape index (κ1) is 21.3. The third-order valence-electron chi connectivity index (χ3n) is 4.42. The molecule has 9 nitrogen and oxygen atoms in total. The minimum Gasteiger partial charge on any atom is -0.493 e.